The van der Waals surface area contributed by atoms with E-state index in [1.54, 1.807) is 21.0 Å². The highest BCUT2D eigenvalue weighted by molar-refractivity contribution is 6.31. The number of pyridine rings is 1. The number of rotatable bonds is 13. The van der Waals surface area contributed by atoms with Gasteiger partial charge in [0.1, 0.15) is 11.9 Å². The van der Waals surface area contributed by atoms with Gasteiger partial charge in [-0.05, 0) is 72.6 Å². The highest BCUT2D eigenvalue weighted by Crippen LogP contribution is 2.36. The predicted octanol–water partition coefficient (Wildman–Crippen LogP) is 6.74. The topological polar surface area (TPSA) is 101 Å². The summed E-state index contributed by atoms with van der Waals surface area (Å²) in [5.41, 5.74) is 0.538. The van der Waals surface area contributed by atoms with Crippen LogP contribution in [0, 0.1) is 25.6 Å². The number of halogens is 5. The van der Waals surface area contributed by atoms with Crippen molar-refractivity contribution in [1.82, 2.24) is 14.8 Å². The van der Waals surface area contributed by atoms with Crippen molar-refractivity contribution in [1.29, 1.82) is 0 Å². The average Bonchev–Trinajstić information content (AvgIpc) is 2.96. The van der Waals surface area contributed by atoms with E-state index in [-0.39, 0.29) is 47.6 Å². The Morgan fingerprint density at radius 2 is 1.77 bits per heavy atom. The average molecular weight is 694 g/mol. The first-order chi connectivity index (χ1) is 22.5. The Hall–Kier alpha value is -3.74. The molecule has 1 aliphatic rings. The summed E-state index contributed by atoms with van der Waals surface area (Å²) in [5, 5.41) is 12.1. The maximum atomic E-state index is 15.6. The van der Waals surface area contributed by atoms with Gasteiger partial charge in [-0.3, -0.25) is 19.3 Å². The number of ether oxygens (including phenoxy) is 1. The molecule has 1 fully saturated rings. The highest BCUT2D eigenvalue weighted by atomic mass is 35.5. The summed E-state index contributed by atoms with van der Waals surface area (Å²) in [6.45, 7) is 8.67. The van der Waals surface area contributed by atoms with E-state index in [2.05, 4.69) is 5.32 Å². The van der Waals surface area contributed by atoms with E-state index in [0.29, 0.717) is 24.7 Å². The van der Waals surface area contributed by atoms with Crippen LogP contribution in [0.2, 0.25) is 5.02 Å². The monoisotopic (exact) mass is 693 g/mol. The fraction of sp³-hybridized carbons (Fsp3) is 0.457. The van der Waals surface area contributed by atoms with Crippen LogP contribution in [0.25, 0.3) is 11.1 Å². The summed E-state index contributed by atoms with van der Waals surface area (Å²) >= 11 is 6.31. The normalized spacial score (nSPS) is 15.3. The molecule has 1 aliphatic heterocycles. The van der Waals surface area contributed by atoms with Crippen molar-refractivity contribution in [3.63, 3.8) is 0 Å². The lowest BCUT2D eigenvalue weighted by Crippen LogP contribution is -2.52. The predicted molar refractivity (Wildman–Crippen MR) is 175 cm³/mol. The molecule has 0 unspecified atom stereocenters. The van der Waals surface area contributed by atoms with Crippen LogP contribution in [0.15, 0.2) is 47.4 Å². The van der Waals surface area contributed by atoms with Gasteiger partial charge in [0.05, 0.1) is 29.2 Å². The van der Waals surface area contributed by atoms with Gasteiger partial charge in [-0.2, -0.15) is 13.2 Å². The quantitative estimate of drug-likeness (QED) is 0.193. The fourth-order valence-electron chi connectivity index (χ4n) is 6.18. The summed E-state index contributed by atoms with van der Waals surface area (Å²) in [7, 11) is 1.56. The smallest absolute Gasteiger partial charge is 0.416 e. The zero-order valence-corrected chi connectivity index (χ0v) is 28.2. The molecule has 0 saturated carbocycles. The molecule has 13 heteroatoms. The van der Waals surface area contributed by atoms with Gasteiger partial charge in [0.15, 0.2) is 0 Å². The number of carbonyl (C=O) groups excluding carboxylic acids is 1. The maximum absolute atomic E-state index is 15.6. The molecular weight excluding hydrogens is 654 g/mol. The van der Waals surface area contributed by atoms with Gasteiger partial charge < -0.3 is 19.7 Å². The van der Waals surface area contributed by atoms with Crippen LogP contribution in [0.5, 0.6) is 0 Å². The Labute approximate surface area is 281 Å². The number of aryl methyl sites for hydroxylation is 2. The van der Waals surface area contributed by atoms with E-state index in [1.165, 1.54) is 12.1 Å². The first-order valence-corrected chi connectivity index (χ1v) is 16.0. The second kappa shape index (κ2) is 15.2. The highest BCUT2D eigenvalue weighted by Gasteiger charge is 2.36. The van der Waals surface area contributed by atoms with Gasteiger partial charge in [-0.15, -0.1) is 0 Å². The lowest BCUT2D eigenvalue weighted by atomic mass is 9.92. The summed E-state index contributed by atoms with van der Waals surface area (Å²) in [5.74, 6) is -3.32. The summed E-state index contributed by atoms with van der Waals surface area (Å²) in [6.07, 6.45) is -4.48. The molecular formula is C35H40ClF4N3O5. The SMILES string of the molecule is COC1CN(CCc2cn([C@@H](CC(C)C)C(=O)N[C@@H](CC(=O)O)c3cc(-c4c(C)cccc4C)cc(Cl)c3F)c(=O)cc2C(F)(F)F)C1. The molecule has 8 nitrogen and oxygen atoms in total. The van der Waals surface area contributed by atoms with Gasteiger partial charge in [-0.25, -0.2) is 4.39 Å². The molecule has 4 rings (SSSR count). The Morgan fingerprint density at radius 1 is 1.12 bits per heavy atom. The van der Waals surface area contributed by atoms with Crippen molar-refractivity contribution in [3.8, 4) is 11.1 Å². The van der Waals surface area contributed by atoms with E-state index in [0.717, 1.165) is 27.5 Å². The number of likely N-dealkylation sites (tertiary alicyclic amines) is 1. The minimum absolute atomic E-state index is 0.0000539. The number of alkyl halides is 3. The lowest BCUT2D eigenvalue weighted by molar-refractivity contribution is -0.139. The number of amides is 1. The molecule has 2 heterocycles. The minimum atomic E-state index is -4.81. The number of nitrogens with one attached hydrogen (secondary N) is 1. The van der Waals surface area contributed by atoms with Crippen LogP contribution in [0.1, 0.15) is 66.6 Å². The minimum Gasteiger partial charge on any atom is -0.481 e. The number of benzene rings is 2. The van der Waals surface area contributed by atoms with Crippen LogP contribution < -0.4 is 10.9 Å². The van der Waals surface area contributed by atoms with Crippen molar-refractivity contribution in [2.75, 3.05) is 26.7 Å². The molecule has 0 radical (unpaired) electrons. The van der Waals surface area contributed by atoms with E-state index in [4.69, 9.17) is 16.3 Å². The third-order valence-corrected chi connectivity index (χ3v) is 8.93. The van der Waals surface area contributed by atoms with Crippen LogP contribution >= 0.6 is 11.6 Å². The van der Waals surface area contributed by atoms with Crippen molar-refractivity contribution >= 4 is 23.5 Å². The maximum Gasteiger partial charge on any atom is 0.416 e. The first kappa shape index (κ1) is 37.1. The molecule has 48 heavy (non-hydrogen) atoms. The second-order valence-electron chi connectivity index (χ2n) is 12.8. The fourth-order valence-corrected chi connectivity index (χ4v) is 6.41. The Kier molecular flexibility index (Phi) is 11.8. The molecule has 3 aromatic rings. The van der Waals surface area contributed by atoms with Crippen molar-refractivity contribution < 1.29 is 37.0 Å². The van der Waals surface area contributed by atoms with Gasteiger partial charge in [-0.1, -0.05) is 43.6 Å². The Bertz CT molecular complexity index is 1700. The van der Waals surface area contributed by atoms with E-state index in [1.807, 2.05) is 36.9 Å². The molecule has 1 amide bonds. The molecule has 2 N–H and O–H groups in total. The molecule has 1 aromatic heterocycles. The molecule has 2 aromatic carbocycles. The van der Waals surface area contributed by atoms with Crippen LogP contribution in [-0.2, 0) is 26.9 Å². The molecule has 0 bridgehead atoms. The van der Waals surface area contributed by atoms with Gasteiger partial charge >= 0.3 is 12.1 Å². The van der Waals surface area contributed by atoms with Crippen molar-refractivity contribution in [2.45, 2.75) is 71.3 Å². The molecule has 260 valence electrons. The van der Waals surface area contributed by atoms with Gasteiger partial charge in [0.25, 0.3) is 5.56 Å². The molecule has 2 atom stereocenters. The largest absolute Gasteiger partial charge is 0.481 e. The van der Waals surface area contributed by atoms with Crippen molar-refractivity contribution in [2.24, 2.45) is 5.92 Å². The number of aromatic nitrogens is 1. The molecule has 1 saturated heterocycles. The summed E-state index contributed by atoms with van der Waals surface area (Å²) in [4.78, 5) is 41.1. The number of carbonyl (C=O) groups is 2. The standard InChI is InChI=1S/C35H40ClF4N3O5/c1-19(2)11-29(43-16-22(9-10-42-17-24(18-42)48-5)26(14-30(43)44)35(38,39)40)34(47)41-28(15-31(45)46)25-12-23(13-27(36)33(25)37)32-20(3)7-6-8-21(32)4/h6-8,12-14,16,19,24,28-29H,9-11,15,17-18H2,1-5H3,(H,41,47)(H,45,46)/t28-,29-/m0/s1. The van der Waals surface area contributed by atoms with Crippen LogP contribution in [-0.4, -0.2) is 59.3 Å². The second-order valence-corrected chi connectivity index (χ2v) is 13.2. The van der Waals surface area contributed by atoms with E-state index in [9.17, 15) is 32.7 Å². The summed E-state index contributed by atoms with van der Waals surface area (Å²) < 4.78 is 64.0. The molecule has 0 spiro atoms. The van der Waals surface area contributed by atoms with Gasteiger partial charge in [0, 0.05) is 44.6 Å². The van der Waals surface area contributed by atoms with E-state index >= 15 is 4.39 Å². The number of carboxylic acids is 1. The zero-order chi connectivity index (χ0) is 35.5. The van der Waals surface area contributed by atoms with E-state index < -0.39 is 53.5 Å². The number of hydrogen-bond acceptors (Lipinski definition) is 5. The van der Waals surface area contributed by atoms with Gasteiger partial charge in [0.2, 0.25) is 5.91 Å². The number of nitrogens with zero attached hydrogens (tertiary/aromatic N) is 2. The number of methoxy groups -OCH3 is 1. The number of hydrogen-bond donors (Lipinski definition) is 2. The van der Waals surface area contributed by atoms with Crippen molar-refractivity contribution in [3.05, 3.63) is 91.6 Å². The lowest BCUT2D eigenvalue weighted by Gasteiger charge is -2.38. The zero-order valence-electron chi connectivity index (χ0n) is 27.5. The van der Waals surface area contributed by atoms with Crippen LogP contribution in [0.3, 0.4) is 0 Å². The summed E-state index contributed by atoms with van der Waals surface area (Å²) in [6, 6.07) is 6.20. The third kappa shape index (κ3) is 8.64. The first-order valence-electron chi connectivity index (χ1n) is 15.6. The Balaban J connectivity index is 1.74. The third-order valence-electron chi connectivity index (χ3n) is 8.65. The molecule has 0 aliphatic carbocycles. The van der Waals surface area contributed by atoms with Crippen LogP contribution in [0.4, 0.5) is 17.6 Å². The number of carboxylic acid groups (broad SMARTS) is 1. The Morgan fingerprint density at radius 3 is 2.33 bits per heavy atom. The number of aliphatic carboxylic acids is 1.